The molecule has 0 saturated carbocycles. The number of benzene rings is 1. The molecule has 1 fully saturated rings. The highest BCUT2D eigenvalue weighted by Crippen LogP contribution is 2.37. The summed E-state index contributed by atoms with van der Waals surface area (Å²) in [5.41, 5.74) is -0.527. The maximum absolute atomic E-state index is 13.8. The van der Waals surface area contributed by atoms with Gasteiger partial charge >= 0.3 is 0 Å². The van der Waals surface area contributed by atoms with Gasteiger partial charge in [-0.25, -0.2) is 4.39 Å². The molecule has 0 spiro atoms. The van der Waals surface area contributed by atoms with E-state index in [4.69, 9.17) is 4.52 Å². The molecule has 1 atom stereocenters. The maximum Gasteiger partial charge on any atom is 0.242 e. The quantitative estimate of drug-likeness (QED) is 0.943. The van der Waals surface area contributed by atoms with Crippen LogP contribution in [0.2, 0.25) is 0 Å². The Hall–Kier alpha value is -2.24. The van der Waals surface area contributed by atoms with Crippen LogP contribution >= 0.6 is 0 Å². The first-order valence-corrected chi connectivity index (χ1v) is 7.40. The number of carbonyl (C=O) groups is 1. The summed E-state index contributed by atoms with van der Waals surface area (Å²) in [5, 5.41) is 6.71. The van der Waals surface area contributed by atoms with Crippen molar-refractivity contribution in [2.75, 3.05) is 6.54 Å². The lowest BCUT2D eigenvalue weighted by atomic mass is 9.78. The van der Waals surface area contributed by atoms with E-state index >= 15 is 0 Å². The molecule has 1 aliphatic heterocycles. The number of aromatic nitrogens is 2. The monoisotopic (exact) mass is 303 g/mol. The van der Waals surface area contributed by atoms with Gasteiger partial charge in [0, 0.05) is 6.54 Å². The number of halogens is 1. The molecule has 6 heteroatoms. The first-order chi connectivity index (χ1) is 10.5. The third-order valence-corrected chi connectivity index (χ3v) is 3.98. The van der Waals surface area contributed by atoms with Gasteiger partial charge in [-0.05, 0) is 30.9 Å². The van der Waals surface area contributed by atoms with Crippen molar-refractivity contribution in [3.05, 3.63) is 36.0 Å². The zero-order valence-corrected chi connectivity index (χ0v) is 12.6. The lowest BCUT2D eigenvalue weighted by Crippen LogP contribution is -2.37. The minimum Gasteiger partial charge on any atom is -0.355 e. The van der Waals surface area contributed by atoms with E-state index in [1.807, 2.05) is 13.8 Å². The molecule has 1 aliphatic rings. The first-order valence-electron chi connectivity index (χ1n) is 7.40. The first kappa shape index (κ1) is 14.7. The highest BCUT2D eigenvalue weighted by Gasteiger charge is 2.49. The molecule has 2 heterocycles. The number of amides is 1. The number of nitrogens with zero attached hydrogens (tertiary/aromatic N) is 2. The zero-order chi connectivity index (χ0) is 15.7. The van der Waals surface area contributed by atoms with E-state index in [-0.39, 0.29) is 23.2 Å². The van der Waals surface area contributed by atoms with Crippen LogP contribution in [-0.2, 0) is 10.2 Å². The average Bonchev–Trinajstić information content (AvgIpc) is 3.08. The van der Waals surface area contributed by atoms with E-state index in [2.05, 4.69) is 15.5 Å². The van der Waals surface area contributed by atoms with Gasteiger partial charge in [-0.1, -0.05) is 31.1 Å². The van der Waals surface area contributed by atoms with Crippen LogP contribution in [-0.4, -0.2) is 22.6 Å². The molecule has 22 heavy (non-hydrogen) atoms. The lowest BCUT2D eigenvalue weighted by molar-refractivity contribution is -0.125. The largest absolute Gasteiger partial charge is 0.355 e. The Kier molecular flexibility index (Phi) is 3.68. The molecule has 1 saturated heterocycles. The summed E-state index contributed by atoms with van der Waals surface area (Å²) in [6, 6.07) is 6.25. The lowest BCUT2D eigenvalue weighted by Gasteiger charge is -2.23. The Morgan fingerprint density at radius 2 is 2.18 bits per heavy atom. The topological polar surface area (TPSA) is 68.0 Å². The van der Waals surface area contributed by atoms with Gasteiger partial charge in [0.2, 0.25) is 17.6 Å². The van der Waals surface area contributed by atoms with E-state index in [0.29, 0.717) is 25.3 Å². The number of carbonyl (C=O) groups excluding carboxylic acids is 1. The highest BCUT2D eigenvalue weighted by atomic mass is 19.1. The summed E-state index contributed by atoms with van der Waals surface area (Å²) in [4.78, 5) is 16.7. The van der Waals surface area contributed by atoms with Crippen molar-refractivity contribution >= 4 is 5.91 Å². The SMILES string of the molecule is CC(C)CC1(c2nc(-c3ccccc3F)no2)CCNC1=O. The maximum atomic E-state index is 13.8. The Labute approximate surface area is 127 Å². The molecule has 1 unspecified atom stereocenters. The molecule has 0 aliphatic carbocycles. The molecule has 5 nitrogen and oxygen atoms in total. The smallest absolute Gasteiger partial charge is 0.242 e. The van der Waals surface area contributed by atoms with Crippen LogP contribution in [0, 0.1) is 11.7 Å². The predicted octanol–water partition coefficient (Wildman–Crippen LogP) is 2.68. The van der Waals surface area contributed by atoms with Crippen LogP contribution in [0.5, 0.6) is 0 Å². The van der Waals surface area contributed by atoms with E-state index in [1.165, 1.54) is 6.07 Å². The molecule has 116 valence electrons. The average molecular weight is 303 g/mol. The van der Waals surface area contributed by atoms with Gasteiger partial charge in [-0.2, -0.15) is 4.98 Å². The second kappa shape index (κ2) is 5.51. The third kappa shape index (κ3) is 2.38. The van der Waals surface area contributed by atoms with Crippen molar-refractivity contribution in [3.63, 3.8) is 0 Å². The van der Waals surface area contributed by atoms with Gasteiger partial charge in [0.25, 0.3) is 0 Å². The normalized spacial score (nSPS) is 21.4. The van der Waals surface area contributed by atoms with E-state index in [0.717, 1.165) is 0 Å². The molecular weight excluding hydrogens is 285 g/mol. The summed E-state index contributed by atoms with van der Waals surface area (Å²) in [5.74, 6) is 0.242. The molecule has 1 amide bonds. The van der Waals surface area contributed by atoms with Gasteiger partial charge in [0.05, 0.1) is 5.56 Å². The van der Waals surface area contributed by atoms with Gasteiger partial charge < -0.3 is 9.84 Å². The summed E-state index contributed by atoms with van der Waals surface area (Å²) in [6.45, 7) is 4.67. The number of rotatable bonds is 4. The van der Waals surface area contributed by atoms with Crippen LogP contribution in [0.25, 0.3) is 11.4 Å². The molecule has 2 aromatic rings. The minimum atomic E-state index is -0.801. The van der Waals surface area contributed by atoms with Gasteiger partial charge in [-0.15, -0.1) is 0 Å². The predicted molar refractivity (Wildman–Crippen MR) is 78.5 cm³/mol. The molecule has 1 aromatic heterocycles. The van der Waals surface area contributed by atoms with Gasteiger partial charge in [-0.3, -0.25) is 4.79 Å². The van der Waals surface area contributed by atoms with E-state index in [9.17, 15) is 9.18 Å². The van der Waals surface area contributed by atoms with Crippen molar-refractivity contribution < 1.29 is 13.7 Å². The fraction of sp³-hybridized carbons (Fsp3) is 0.438. The standard InChI is InChI=1S/C16H18FN3O2/c1-10(2)9-16(7-8-18-14(16)21)15-19-13(20-22-15)11-5-3-4-6-12(11)17/h3-6,10H,7-9H2,1-2H3,(H,18,21). The summed E-state index contributed by atoms with van der Waals surface area (Å²) in [7, 11) is 0. The fourth-order valence-corrected chi connectivity index (χ4v) is 3.02. The van der Waals surface area contributed by atoms with Crippen molar-refractivity contribution in [1.82, 2.24) is 15.5 Å². The molecular formula is C16H18FN3O2. The van der Waals surface area contributed by atoms with Crippen molar-refractivity contribution in [2.24, 2.45) is 5.92 Å². The van der Waals surface area contributed by atoms with Gasteiger partial charge in [0.15, 0.2) is 0 Å². The Balaban J connectivity index is 2.01. The van der Waals surface area contributed by atoms with E-state index < -0.39 is 11.2 Å². The molecule has 1 N–H and O–H groups in total. The van der Waals surface area contributed by atoms with Crippen molar-refractivity contribution in [1.29, 1.82) is 0 Å². The Bertz CT molecular complexity index is 698. The fourth-order valence-electron chi connectivity index (χ4n) is 3.02. The Morgan fingerprint density at radius 3 is 2.82 bits per heavy atom. The van der Waals surface area contributed by atoms with Crippen LogP contribution in [0.4, 0.5) is 4.39 Å². The number of nitrogens with one attached hydrogen (secondary N) is 1. The summed E-state index contributed by atoms with van der Waals surface area (Å²) in [6.07, 6.45) is 1.24. The molecule has 1 aromatic carbocycles. The molecule has 3 rings (SSSR count). The van der Waals surface area contributed by atoms with Crippen LogP contribution in [0.1, 0.15) is 32.6 Å². The summed E-state index contributed by atoms with van der Waals surface area (Å²) < 4.78 is 19.2. The van der Waals surface area contributed by atoms with Crippen molar-refractivity contribution in [2.45, 2.75) is 32.1 Å². The van der Waals surface area contributed by atoms with Crippen LogP contribution < -0.4 is 5.32 Å². The third-order valence-electron chi connectivity index (χ3n) is 3.98. The second-order valence-electron chi connectivity index (χ2n) is 6.09. The van der Waals surface area contributed by atoms with Crippen molar-refractivity contribution in [3.8, 4) is 11.4 Å². The second-order valence-corrected chi connectivity index (χ2v) is 6.09. The van der Waals surface area contributed by atoms with E-state index in [1.54, 1.807) is 18.2 Å². The van der Waals surface area contributed by atoms with Gasteiger partial charge in [0.1, 0.15) is 11.2 Å². The van der Waals surface area contributed by atoms with Crippen LogP contribution in [0.3, 0.4) is 0 Å². The Morgan fingerprint density at radius 1 is 1.41 bits per heavy atom. The highest BCUT2D eigenvalue weighted by molar-refractivity contribution is 5.89. The molecule has 0 bridgehead atoms. The number of hydrogen-bond donors (Lipinski definition) is 1. The zero-order valence-electron chi connectivity index (χ0n) is 12.6. The number of hydrogen-bond acceptors (Lipinski definition) is 4. The minimum absolute atomic E-state index is 0.0927. The summed E-state index contributed by atoms with van der Waals surface area (Å²) >= 11 is 0. The van der Waals surface area contributed by atoms with Crippen LogP contribution in [0.15, 0.2) is 28.8 Å². The molecule has 0 radical (unpaired) electrons.